The molecule has 2 aromatic heterocycles. The third-order valence-electron chi connectivity index (χ3n) is 4.01. The van der Waals surface area contributed by atoms with Crippen molar-refractivity contribution >= 4 is 0 Å². The van der Waals surface area contributed by atoms with E-state index in [4.69, 9.17) is 4.74 Å². The third kappa shape index (κ3) is 2.77. The highest BCUT2D eigenvalue weighted by Gasteiger charge is 2.15. The molecule has 0 amide bonds. The highest BCUT2D eigenvalue weighted by atomic mass is 16.5. The zero-order chi connectivity index (χ0) is 17.9. The smallest absolute Gasteiger partial charge is 0.319 e. The molecule has 2 heterocycles. The fourth-order valence-corrected chi connectivity index (χ4v) is 2.77. The number of hydrogen-bond acceptors (Lipinski definition) is 4. The van der Waals surface area contributed by atoms with Gasteiger partial charge in [-0.05, 0) is 12.1 Å². The molecule has 0 radical (unpaired) electrons. The second kappa shape index (κ2) is 6.68. The fourth-order valence-electron chi connectivity index (χ4n) is 2.77. The Morgan fingerprint density at radius 2 is 1.62 bits per heavy atom. The van der Waals surface area contributed by atoms with Crippen molar-refractivity contribution in [1.29, 1.82) is 0 Å². The van der Waals surface area contributed by atoms with E-state index in [9.17, 15) is 4.79 Å². The molecule has 0 N–H and O–H groups in total. The summed E-state index contributed by atoms with van der Waals surface area (Å²) in [6.07, 6.45) is 3.36. The standard InChI is InChI=1S/C20H16N4O2/c1-26-19-20(25)23(14-17(22-19)15-8-4-2-5-9-15)18-12-13-21-24(18)16-10-6-3-7-11-16/h2-14H,1H3. The van der Waals surface area contributed by atoms with Crippen LogP contribution >= 0.6 is 0 Å². The number of ether oxygens (including phenoxy) is 1. The maximum Gasteiger partial charge on any atom is 0.319 e. The lowest BCUT2D eigenvalue weighted by Gasteiger charge is -2.12. The van der Waals surface area contributed by atoms with Crippen LogP contribution in [0.3, 0.4) is 0 Å². The van der Waals surface area contributed by atoms with Crippen molar-refractivity contribution in [3.63, 3.8) is 0 Å². The molecular weight excluding hydrogens is 328 g/mol. The first-order valence-electron chi connectivity index (χ1n) is 8.11. The van der Waals surface area contributed by atoms with E-state index in [2.05, 4.69) is 10.1 Å². The van der Waals surface area contributed by atoms with Crippen LogP contribution in [0.2, 0.25) is 0 Å². The van der Waals surface area contributed by atoms with Crippen molar-refractivity contribution in [2.75, 3.05) is 7.11 Å². The zero-order valence-corrected chi connectivity index (χ0v) is 14.1. The molecule has 4 aromatic rings. The van der Waals surface area contributed by atoms with E-state index < -0.39 is 0 Å². The number of rotatable bonds is 4. The topological polar surface area (TPSA) is 61.9 Å². The molecule has 0 aliphatic rings. The molecule has 0 unspecified atom stereocenters. The van der Waals surface area contributed by atoms with Gasteiger partial charge in [0.05, 0.1) is 24.7 Å². The van der Waals surface area contributed by atoms with Gasteiger partial charge >= 0.3 is 5.56 Å². The quantitative estimate of drug-likeness (QED) is 0.571. The van der Waals surface area contributed by atoms with E-state index in [-0.39, 0.29) is 11.4 Å². The molecule has 2 aromatic carbocycles. The van der Waals surface area contributed by atoms with Gasteiger partial charge in [0.25, 0.3) is 5.88 Å². The lowest BCUT2D eigenvalue weighted by molar-refractivity contribution is 0.389. The van der Waals surface area contributed by atoms with E-state index in [0.29, 0.717) is 11.5 Å². The van der Waals surface area contributed by atoms with Crippen molar-refractivity contribution in [2.45, 2.75) is 0 Å². The average molecular weight is 344 g/mol. The third-order valence-corrected chi connectivity index (χ3v) is 4.01. The van der Waals surface area contributed by atoms with Gasteiger partial charge in [-0.1, -0.05) is 48.5 Å². The number of methoxy groups -OCH3 is 1. The van der Waals surface area contributed by atoms with Crippen LogP contribution in [-0.2, 0) is 0 Å². The molecule has 0 spiro atoms. The molecule has 26 heavy (non-hydrogen) atoms. The van der Waals surface area contributed by atoms with Crippen molar-refractivity contribution in [3.8, 4) is 28.6 Å². The Morgan fingerprint density at radius 1 is 0.923 bits per heavy atom. The molecule has 0 atom stereocenters. The molecule has 4 rings (SSSR count). The van der Waals surface area contributed by atoms with Gasteiger partial charge in [0.15, 0.2) is 0 Å². The van der Waals surface area contributed by atoms with Crippen molar-refractivity contribution in [1.82, 2.24) is 19.3 Å². The SMILES string of the molecule is COc1nc(-c2ccccc2)cn(-c2ccnn2-c2ccccc2)c1=O. The minimum absolute atomic E-state index is 0.0344. The summed E-state index contributed by atoms with van der Waals surface area (Å²) in [6, 6.07) is 21.1. The van der Waals surface area contributed by atoms with E-state index >= 15 is 0 Å². The summed E-state index contributed by atoms with van der Waals surface area (Å²) in [5.74, 6) is 0.645. The number of benzene rings is 2. The largest absolute Gasteiger partial charge is 0.477 e. The molecule has 0 saturated heterocycles. The van der Waals surface area contributed by atoms with Crippen LogP contribution in [0.4, 0.5) is 0 Å². The van der Waals surface area contributed by atoms with E-state index in [0.717, 1.165) is 11.3 Å². The van der Waals surface area contributed by atoms with Crippen LogP contribution in [0.5, 0.6) is 5.88 Å². The van der Waals surface area contributed by atoms with Gasteiger partial charge in [0, 0.05) is 17.8 Å². The lowest BCUT2D eigenvalue weighted by atomic mass is 10.2. The summed E-state index contributed by atoms with van der Waals surface area (Å²) < 4.78 is 8.43. The minimum atomic E-state index is -0.343. The van der Waals surface area contributed by atoms with Gasteiger partial charge < -0.3 is 4.74 Å². The van der Waals surface area contributed by atoms with E-state index in [1.807, 2.05) is 60.7 Å². The second-order valence-electron chi connectivity index (χ2n) is 5.61. The molecular formula is C20H16N4O2. The van der Waals surface area contributed by atoms with Crippen LogP contribution in [0.1, 0.15) is 0 Å². The number of hydrogen-bond donors (Lipinski definition) is 0. The Morgan fingerprint density at radius 3 is 2.31 bits per heavy atom. The highest BCUT2D eigenvalue weighted by Crippen LogP contribution is 2.20. The normalized spacial score (nSPS) is 10.7. The lowest BCUT2D eigenvalue weighted by Crippen LogP contribution is -2.23. The van der Waals surface area contributed by atoms with Crippen molar-refractivity contribution in [3.05, 3.63) is 89.5 Å². The predicted octanol–water partition coefficient (Wildman–Crippen LogP) is 3.09. The summed E-state index contributed by atoms with van der Waals surface area (Å²) >= 11 is 0. The van der Waals surface area contributed by atoms with Crippen LogP contribution in [-0.4, -0.2) is 26.4 Å². The molecule has 0 aliphatic heterocycles. The van der Waals surface area contributed by atoms with Crippen LogP contribution < -0.4 is 10.3 Å². The molecule has 0 bridgehead atoms. The number of aromatic nitrogens is 4. The molecule has 6 heteroatoms. The van der Waals surface area contributed by atoms with Gasteiger partial charge in [-0.25, -0.2) is 9.67 Å². The van der Waals surface area contributed by atoms with Gasteiger partial charge in [-0.15, -0.1) is 0 Å². The Hall–Kier alpha value is -3.67. The molecule has 0 fully saturated rings. The van der Waals surface area contributed by atoms with E-state index in [1.165, 1.54) is 11.7 Å². The van der Waals surface area contributed by atoms with Crippen LogP contribution in [0.25, 0.3) is 22.8 Å². The summed E-state index contributed by atoms with van der Waals surface area (Å²) in [5.41, 5.74) is 2.05. The van der Waals surface area contributed by atoms with Gasteiger partial charge in [-0.3, -0.25) is 9.36 Å². The van der Waals surface area contributed by atoms with Gasteiger partial charge in [0.1, 0.15) is 5.82 Å². The summed E-state index contributed by atoms with van der Waals surface area (Å²) in [4.78, 5) is 17.1. The monoisotopic (exact) mass is 344 g/mol. The minimum Gasteiger partial charge on any atom is -0.477 e. The number of para-hydroxylation sites is 1. The number of nitrogens with zero attached hydrogens (tertiary/aromatic N) is 4. The Kier molecular flexibility index (Phi) is 4.07. The second-order valence-corrected chi connectivity index (χ2v) is 5.61. The van der Waals surface area contributed by atoms with E-state index in [1.54, 1.807) is 23.1 Å². The zero-order valence-electron chi connectivity index (χ0n) is 14.1. The fraction of sp³-hybridized carbons (Fsp3) is 0.0500. The first-order chi connectivity index (χ1) is 12.8. The van der Waals surface area contributed by atoms with Crippen LogP contribution in [0.15, 0.2) is 83.9 Å². The predicted molar refractivity (Wildman–Crippen MR) is 98.9 cm³/mol. The Bertz CT molecular complexity index is 1090. The summed E-state index contributed by atoms with van der Waals surface area (Å²) in [5, 5.41) is 4.36. The van der Waals surface area contributed by atoms with Crippen molar-refractivity contribution < 1.29 is 4.74 Å². The van der Waals surface area contributed by atoms with Gasteiger partial charge in [0.2, 0.25) is 0 Å². The highest BCUT2D eigenvalue weighted by molar-refractivity contribution is 5.59. The summed E-state index contributed by atoms with van der Waals surface area (Å²) in [7, 11) is 1.44. The average Bonchev–Trinajstić information content (AvgIpc) is 3.19. The molecule has 0 aliphatic carbocycles. The van der Waals surface area contributed by atoms with Crippen LogP contribution in [0, 0.1) is 0 Å². The maximum absolute atomic E-state index is 12.8. The maximum atomic E-state index is 12.8. The first kappa shape index (κ1) is 15.8. The van der Waals surface area contributed by atoms with Crippen molar-refractivity contribution in [2.24, 2.45) is 0 Å². The van der Waals surface area contributed by atoms with Gasteiger partial charge in [-0.2, -0.15) is 5.10 Å². The summed E-state index contributed by atoms with van der Waals surface area (Å²) in [6.45, 7) is 0. The Labute approximate surface area is 149 Å². The molecule has 128 valence electrons. The molecule has 6 nitrogen and oxygen atoms in total. The molecule has 0 saturated carbocycles. The Balaban J connectivity index is 1.93. The first-order valence-corrected chi connectivity index (χ1v) is 8.11.